The van der Waals surface area contributed by atoms with Crippen LogP contribution in [0.5, 0.6) is 0 Å². The van der Waals surface area contributed by atoms with E-state index in [4.69, 9.17) is 10.2 Å². The zero-order valence-electron chi connectivity index (χ0n) is 12.3. The summed E-state index contributed by atoms with van der Waals surface area (Å²) in [6.45, 7) is 1.52. The minimum absolute atomic E-state index is 0.0195. The maximum Gasteiger partial charge on any atom is 0.255 e. The molecule has 0 radical (unpaired) electrons. The lowest BCUT2D eigenvalue weighted by Crippen LogP contribution is -2.38. The van der Waals surface area contributed by atoms with Crippen molar-refractivity contribution in [1.82, 2.24) is 19.5 Å². The van der Waals surface area contributed by atoms with Gasteiger partial charge in [-0.15, -0.1) is 5.10 Å². The number of furan rings is 1. The number of aromatic nitrogens is 3. The van der Waals surface area contributed by atoms with Gasteiger partial charge >= 0.3 is 0 Å². The molecule has 1 aliphatic rings. The Balaban J connectivity index is 1.73. The minimum atomic E-state index is -0.0195. The topological polar surface area (TPSA) is 89.7 Å². The maximum atomic E-state index is 12.6. The predicted molar refractivity (Wildman–Crippen MR) is 88.3 cm³/mol. The second-order valence-electron chi connectivity index (χ2n) is 5.27. The Morgan fingerprint density at radius 2 is 2.17 bits per heavy atom. The number of nitrogen functional groups attached to an aromatic ring is 1. The molecule has 0 aromatic carbocycles. The first-order valence-corrected chi connectivity index (χ1v) is 8.44. The fraction of sp³-hybridized carbons (Fsp3) is 0.267. The summed E-state index contributed by atoms with van der Waals surface area (Å²) >= 11 is 1.86. The Hall–Kier alpha value is -2.48. The predicted octanol–water partition coefficient (Wildman–Crippen LogP) is 1.76. The number of hydrogen-bond acceptors (Lipinski definition) is 6. The van der Waals surface area contributed by atoms with Crippen LogP contribution in [-0.2, 0) is 0 Å². The van der Waals surface area contributed by atoms with Crippen molar-refractivity contribution in [3.63, 3.8) is 0 Å². The van der Waals surface area contributed by atoms with Crippen LogP contribution in [0, 0.1) is 0 Å². The van der Waals surface area contributed by atoms with E-state index in [0.717, 1.165) is 24.6 Å². The molecule has 23 heavy (non-hydrogen) atoms. The average Bonchev–Trinajstić information content (AvgIpc) is 3.24. The Labute approximate surface area is 136 Å². The largest absolute Gasteiger partial charge is 0.461 e. The molecule has 4 rings (SSSR count). The number of amides is 1. The molecule has 0 saturated carbocycles. The lowest BCUT2D eigenvalue weighted by Gasteiger charge is -2.26. The van der Waals surface area contributed by atoms with Crippen LogP contribution in [0.3, 0.4) is 0 Å². The molecule has 8 heteroatoms. The molecular formula is C15H15N5O2S. The van der Waals surface area contributed by atoms with Gasteiger partial charge in [0.1, 0.15) is 0 Å². The zero-order valence-corrected chi connectivity index (χ0v) is 13.1. The van der Waals surface area contributed by atoms with Crippen LogP contribution >= 0.6 is 11.8 Å². The SMILES string of the molecule is Nc1cc(C(=O)N2CCSCC2)cn2nc(-c3ccco3)nc12. The summed E-state index contributed by atoms with van der Waals surface area (Å²) in [5.74, 6) is 2.92. The summed E-state index contributed by atoms with van der Waals surface area (Å²) in [5, 5.41) is 4.36. The molecule has 1 saturated heterocycles. The van der Waals surface area contributed by atoms with Gasteiger partial charge in [-0.05, 0) is 18.2 Å². The second-order valence-corrected chi connectivity index (χ2v) is 6.49. The fourth-order valence-electron chi connectivity index (χ4n) is 2.59. The number of carbonyl (C=O) groups excluding carboxylic acids is 1. The summed E-state index contributed by atoms with van der Waals surface area (Å²) in [5.41, 5.74) is 7.53. The molecule has 0 bridgehead atoms. The van der Waals surface area contributed by atoms with Gasteiger partial charge in [0.2, 0.25) is 5.82 Å². The number of nitrogens with two attached hydrogens (primary N) is 1. The molecule has 3 aromatic rings. The first-order chi connectivity index (χ1) is 11.2. The van der Waals surface area contributed by atoms with Crippen LogP contribution in [0.4, 0.5) is 5.69 Å². The summed E-state index contributed by atoms with van der Waals surface area (Å²) in [4.78, 5) is 18.8. The maximum absolute atomic E-state index is 12.6. The molecule has 0 spiro atoms. The van der Waals surface area contributed by atoms with E-state index < -0.39 is 0 Å². The van der Waals surface area contributed by atoms with Gasteiger partial charge in [-0.25, -0.2) is 9.50 Å². The number of nitrogens with zero attached hydrogens (tertiary/aromatic N) is 4. The van der Waals surface area contributed by atoms with Crippen LogP contribution in [0.15, 0.2) is 35.1 Å². The molecule has 0 atom stereocenters. The third-order valence-electron chi connectivity index (χ3n) is 3.75. The standard InChI is InChI=1S/C15H15N5O2S/c16-11-8-10(15(21)19-3-6-23-7-4-19)9-20-14(11)17-13(18-20)12-2-1-5-22-12/h1-2,5,8-9H,3-4,6-7,16H2. The van der Waals surface area contributed by atoms with Gasteiger partial charge in [-0.1, -0.05) is 0 Å². The number of carbonyl (C=O) groups is 1. The number of fused-ring (bicyclic) bond motifs is 1. The van der Waals surface area contributed by atoms with E-state index in [9.17, 15) is 4.79 Å². The third kappa shape index (κ3) is 2.55. The van der Waals surface area contributed by atoms with Crippen LogP contribution in [0.2, 0.25) is 0 Å². The van der Waals surface area contributed by atoms with E-state index >= 15 is 0 Å². The Bertz CT molecular complexity index is 852. The smallest absolute Gasteiger partial charge is 0.255 e. The highest BCUT2D eigenvalue weighted by molar-refractivity contribution is 7.99. The number of pyridine rings is 1. The first-order valence-electron chi connectivity index (χ1n) is 7.29. The van der Waals surface area contributed by atoms with Crippen molar-refractivity contribution in [2.45, 2.75) is 0 Å². The minimum Gasteiger partial charge on any atom is -0.461 e. The molecular weight excluding hydrogens is 314 g/mol. The molecule has 1 aliphatic heterocycles. The molecule has 4 heterocycles. The average molecular weight is 329 g/mol. The van der Waals surface area contributed by atoms with E-state index in [-0.39, 0.29) is 5.91 Å². The molecule has 2 N–H and O–H groups in total. The number of rotatable bonds is 2. The van der Waals surface area contributed by atoms with Gasteiger partial charge in [0.25, 0.3) is 5.91 Å². The summed E-state index contributed by atoms with van der Waals surface area (Å²) in [6.07, 6.45) is 3.24. The quantitative estimate of drug-likeness (QED) is 0.770. The summed E-state index contributed by atoms with van der Waals surface area (Å²) in [7, 11) is 0. The van der Waals surface area contributed by atoms with E-state index in [1.807, 2.05) is 16.7 Å². The third-order valence-corrected chi connectivity index (χ3v) is 4.69. The molecule has 118 valence electrons. The Kier molecular flexibility index (Phi) is 3.45. The van der Waals surface area contributed by atoms with Gasteiger partial charge in [-0.3, -0.25) is 4.79 Å². The highest BCUT2D eigenvalue weighted by Crippen LogP contribution is 2.21. The van der Waals surface area contributed by atoms with Gasteiger partial charge < -0.3 is 15.1 Å². The van der Waals surface area contributed by atoms with Gasteiger partial charge in [0.05, 0.1) is 17.5 Å². The number of anilines is 1. The molecule has 0 aliphatic carbocycles. The van der Waals surface area contributed by atoms with Crippen LogP contribution in [0.1, 0.15) is 10.4 Å². The van der Waals surface area contributed by atoms with Crippen molar-refractivity contribution >= 4 is 29.0 Å². The Morgan fingerprint density at radius 1 is 1.35 bits per heavy atom. The highest BCUT2D eigenvalue weighted by Gasteiger charge is 2.20. The van der Waals surface area contributed by atoms with E-state index in [0.29, 0.717) is 28.5 Å². The molecule has 0 unspecified atom stereocenters. The normalized spacial score (nSPS) is 15.2. The van der Waals surface area contributed by atoms with Crippen molar-refractivity contribution in [1.29, 1.82) is 0 Å². The molecule has 7 nitrogen and oxygen atoms in total. The van der Waals surface area contributed by atoms with Crippen LogP contribution in [-0.4, -0.2) is 50.0 Å². The first kappa shape index (κ1) is 14.1. The highest BCUT2D eigenvalue weighted by atomic mass is 32.2. The second kappa shape index (κ2) is 5.62. The number of hydrogen-bond donors (Lipinski definition) is 1. The van der Waals surface area contributed by atoms with Crippen LogP contribution in [0.25, 0.3) is 17.2 Å². The van der Waals surface area contributed by atoms with E-state index in [1.54, 1.807) is 35.2 Å². The molecule has 1 amide bonds. The van der Waals surface area contributed by atoms with E-state index in [1.165, 1.54) is 0 Å². The Morgan fingerprint density at radius 3 is 2.91 bits per heavy atom. The molecule has 1 fully saturated rings. The van der Waals surface area contributed by atoms with Gasteiger partial charge in [0, 0.05) is 30.8 Å². The number of thioether (sulfide) groups is 1. The zero-order chi connectivity index (χ0) is 15.8. The summed E-state index contributed by atoms with van der Waals surface area (Å²) in [6, 6.07) is 5.22. The summed E-state index contributed by atoms with van der Waals surface area (Å²) < 4.78 is 6.85. The fourth-order valence-corrected chi connectivity index (χ4v) is 3.49. The lowest BCUT2D eigenvalue weighted by molar-refractivity contribution is 0.0771. The van der Waals surface area contributed by atoms with Crippen molar-refractivity contribution in [3.05, 3.63) is 36.2 Å². The van der Waals surface area contributed by atoms with Crippen molar-refractivity contribution in [2.75, 3.05) is 30.3 Å². The van der Waals surface area contributed by atoms with Crippen molar-refractivity contribution in [2.24, 2.45) is 0 Å². The van der Waals surface area contributed by atoms with Gasteiger partial charge in [0.15, 0.2) is 11.4 Å². The van der Waals surface area contributed by atoms with Crippen molar-refractivity contribution in [3.8, 4) is 11.6 Å². The molecule has 3 aromatic heterocycles. The van der Waals surface area contributed by atoms with Gasteiger partial charge in [-0.2, -0.15) is 11.8 Å². The van der Waals surface area contributed by atoms with Crippen LogP contribution < -0.4 is 5.73 Å². The monoisotopic (exact) mass is 329 g/mol. The van der Waals surface area contributed by atoms with E-state index in [2.05, 4.69) is 10.1 Å². The van der Waals surface area contributed by atoms with Crippen molar-refractivity contribution < 1.29 is 9.21 Å². The lowest BCUT2D eigenvalue weighted by atomic mass is 10.2.